The highest BCUT2D eigenvalue weighted by Crippen LogP contribution is 2.34. The number of hydrogen-bond acceptors (Lipinski definition) is 10. The van der Waals surface area contributed by atoms with E-state index in [-0.39, 0.29) is 17.9 Å². The minimum absolute atomic E-state index is 0.0478. The van der Waals surface area contributed by atoms with Crippen LogP contribution >= 0.6 is 0 Å². The van der Waals surface area contributed by atoms with Crippen molar-refractivity contribution in [2.45, 2.75) is 25.8 Å². The summed E-state index contributed by atoms with van der Waals surface area (Å²) >= 11 is 0. The summed E-state index contributed by atoms with van der Waals surface area (Å²) in [6.45, 7) is 3.98. The Labute approximate surface area is 212 Å². The van der Waals surface area contributed by atoms with Gasteiger partial charge in [0.15, 0.2) is 0 Å². The van der Waals surface area contributed by atoms with Crippen LogP contribution in [0.2, 0.25) is 0 Å². The summed E-state index contributed by atoms with van der Waals surface area (Å²) in [6, 6.07) is 10.5. The Morgan fingerprint density at radius 1 is 1.24 bits per heavy atom. The second-order valence-corrected chi connectivity index (χ2v) is 8.22. The number of anilines is 1. The standard InChI is InChI=1S/C26H23N7O4/c1-3-37-24(34)20-15-30-25(32-23(20)19-7-5-18(14-27)6-8-19)28-12-10-26(9-4-11-31-26)22-13-17(2)21(16-29-22)33(35)36/h4-9,11,13,15-16H,3,10,12H2,1-2H3,(H,28,30,32). The number of aliphatic imine (C=N–C) groups is 1. The Kier molecular flexibility index (Phi) is 7.29. The monoisotopic (exact) mass is 497 g/mol. The zero-order valence-corrected chi connectivity index (χ0v) is 20.2. The van der Waals surface area contributed by atoms with Crippen molar-refractivity contribution >= 4 is 23.8 Å². The summed E-state index contributed by atoms with van der Waals surface area (Å²) in [5.41, 5.74) is 1.98. The number of carbonyl (C=O) groups excluding carboxylic acids is 1. The zero-order valence-electron chi connectivity index (χ0n) is 20.2. The van der Waals surface area contributed by atoms with Gasteiger partial charge in [0.2, 0.25) is 5.95 Å². The maximum Gasteiger partial charge on any atom is 0.341 e. The van der Waals surface area contributed by atoms with E-state index in [0.717, 1.165) is 0 Å². The van der Waals surface area contributed by atoms with Gasteiger partial charge in [-0.1, -0.05) is 12.1 Å². The number of esters is 1. The number of aromatic nitrogens is 3. The van der Waals surface area contributed by atoms with Crippen LogP contribution in [0.3, 0.4) is 0 Å². The number of ether oxygens (including phenoxy) is 1. The number of allylic oxidation sites excluding steroid dienone is 1. The molecule has 3 heterocycles. The number of nitrogens with zero attached hydrogens (tertiary/aromatic N) is 6. The Hall–Kier alpha value is -4.98. The van der Waals surface area contributed by atoms with Crippen LogP contribution in [0.25, 0.3) is 11.3 Å². The second kappa shape index (κ2) is 10.7. The summed E-state index contributed by atoms with van der Waals surface area (Å²) in [5, 5.41) is 23.4. The van der Waals surface area contributed by atoms with E-state index in [0.29, 0.717) is 47.0 Å². The summed E-state index contributed by atoms with van der Waals surface area (Å²) < 4.78 is 5.15. The maximum atomic E-state index is 12.5. The average Bonchev–Trinajstić information content (AvgIpc) is 3.38. The molecule has 0 saturated carbocycles. The molecule has 3 aromatic rings. The van der Waals surface area contributed by atoms with Crippen LogP contribution in [0.4, 0.5) is 11.6 Å². The zero-order chi connectivity index (χ0) is 26.4. The fourth-order valence-electron chi connectivity index (χ4n) is 3.94. The molecule has 11 nitrogen and oxygen atoms in total. The molecular weight excluding hydrogens is 474 g/mol. The number of benzene rings is 1. The molecular formula is C26H23N7O4. The number of nitro groups is 1. The SMILES string of the molecule is CCOC(=O)c1cnc(NCCC2(c3cc(C)c([N+](=O)[O-])cn3)C=CC=N2)nc1-c1ccc(C#N)cc1. The van der Waals surface area contributed by atoms with Crippen molar-refractivity contribution in [2.24, 2.45) is 4.99 Å². The molecule has 4 rings (SSSR count). The van der Waals surface area contributed by atoms with Crippen LogP contribution in [-0.4, -0.2) is 45.2 Å². The van der Waals surface area contributed by atoms with Gasteiger partial charge in [0.1, 0.15) is 17.3 Å². The average molecular weight is 498 g/mol. The number of hydrogen-bond donors (Lipinski definition) is 1. The molecule has 1 aliphatic heterocycles. The van der Waals surface area contributed by atoms with Crippen molar-refractivity contribution in [3.63, 3.8) is 0 Å². The lowest BCUT2D eigenvalue weighted by atomic mass is 9.91. The Bertz CT molecular complexity index is 1430. The predicted octanol–water partition coefficient (Wildman–Crippen LogP) is 4.14. The van der Waals surface area contributed by atoms with Crippen LogP contribution in [0.5, 0.6) is 0 Å². The lowest BCUT2D eigenvalue weighted by molar-refractivity contribution is -0.385. The number of nitrogens with one attached hydrogen (secondary N) is 1. The first-order valence-corrected chi connectivity index (χ1v) is 11.5. The van der Waals surface area contributed by atoms with E-state index in [1.54, 1.807) is 50.4 Å². The second-order valence-electron chi connectivity index (χ2n) is 8.22. The largest absolute Gasteiger partial charge is 0.462 e. The Balaban J connectivity index is 1.57. The van der Waals surface area contributed by atoms with Gasteiger partial charge < -0.3 is 10.1 Å². The lowest BCUT2D eigenvalue weighted by Gasteiger charge is -2.24. The highest BCUT2D eigenvalue weighted by atomic mass is 16.6. The van der Waals surface area contributed by atoms with E-state index in [9.17, 15) is 14.9 Å². The van der Waals surface area contributed by atoms with Crippen molar-refractivity contribution in [1.82, 2.24) is 15.0 Å². The van der Waals surface area contributed by atoms with Crippen molar-refractivity contribution in [3.05, 3.63) is 87.4 Å². The highest BCUT2D eigenvalue weighted by Gasteiger charge is 2.32. The molecule has 1 N–H and O–H groups in total. The molecule has 0 radical (unpaired) electrons. The molecule has 1 aromatic carbocycles. The molecule has 1 atom stereocenters. The third kappa shape index (κ3) is 5.33. The number of nitriles is 1. The molecule has 1 unspecified atom stereocenters. The first-order valence-electron chi connectivity index (χ1n) is 11.5. The topological polar surface area (TPSA) is 156 Å². The van der Waals surface area contributed by atoms with Crippen LogP contribution in [0.1, 0.15) is 40.5 Å². The molecule has 0 bridgehead atoms. The van der Waals surface area contributed by atoms with Crippen molar-refractivity contribution in [3.8, 4) is 17.3 Å². The quantitative estimate of drug-likeness (QED) is 0.261. The number of carbonyl (C=O) groups is 1. The Morgan fingerprint density at radius 2 is 2.03 bits per heavy atom. The fourth-order valence-corrected chi connectivity index (χ4v) is 3.94. The van der Waals surface area contributed by atoms with Gasteiger partial charge in [-0.2, -0.15) is 5.26 Å². The number of pyridine rings is 1. The molecule has 0 amide bonds. The first kappa shape index (κ1) is 25.1. The number of aryl methyl sites for hydroxylation is 1. The van der Waals surface area contributed by atoms with Gasteiger partial charge in [-0.25, -0.2) is 14.8 Å². The summed E-state index contributed by atoms with van der Waals surface area (Å²) in [5.74, 6) is -0.251. The third-order valence-corrected chi connectivity index (χ3v) is 5.85. The van der Waals surface area contributed by atoms with Gasteiger partial charge in [0, 0.05) is 30.1 Å². The lowest BCUT2D eigenvalue weighted by Crippen LogP contribution is -2.25. The van der Waals surface area contributed by atoms with Crippen LogP contribution in [-0.2, 0) is 10.3 Å². The van der Waals surface area contributed by atoms with E-state index in [1.165, 1.54) is 12.4 Å². The minimum atomic E-state index is -0.784. The van der Waals surface area contributed by atoms with E-state index in [4.69, 9.17) is 10.00 Å². The van der Waals surface area contributed by atoms with Crippen LogP contribution in [0.15, 0.2) is 59.9 Å². The van der Waals surface area contributed by atoms with Gasteiger partial charge in [0.05, 0.1) is 34.6 Å². The fraction of sp³-hybridized carbons (Fsp3) is 0.231. The first-order chi connectivity index (χ1) is 17.9. The molecule has 0 aliphatic carbocycles. The molecule has 0 spiro atoms. The van der Waals surface area contributed by atoms with Gasteiger partial charge in [-0.15, -0.1) is 0 Å². The van der Waals surface area contributed by atoms with Gasteiger partial charge in [0.25, 0.3) is 5.69 Å². The van der Waals surface area contributed by atoms with Gasteiger partial charge in [-0.3, -0.25) is 20.1 Å². The van der Waals surface area contributed by atoms with E-state index >= 15 is 0 Å². The van der Waals surface area contributed by atoms with Gasteiger partial charge >= 0.3 is 5.97 Å². The summed E-state index contributed by atoms with van der Waals surface area (Å²) in [4.78, 5) is 41.0. The molecule has 2 aromatic heterocycles. The van der Waals surface area contributed by atoms with Crippen molar-refractivity contribution in [2.75, 3.05) is 18.5 Å². The smallest absolute Gasteiger partial charge is 0.341 e. The predicted molar refractivity (Wildman–Crippen MR) is 136 cm³/mol. The van der Waals surface area contributed by atoms with E-state index in [1.807, 2.05) is 12.2 Å². The van der Waals surface area contributed by atoms with E-state index < -0.39 is 16.4 Å². The third-order valence-electron chi connectivity index (χ3n) is 5.85. The van der Waals surface area contributed by atoms with Crippen LogP contribution < -0.4 is 5.32 Å². The minimum Gasteiger partial charge on any atom is -0.462 e. The molecule has 186 valence electrons. The normalized spacial score (nSPS) is 15.8. The van der Waals surface area contributed by atoms with Crippen LogP contribution in [0, 0.1) is 28.4 Å². The molecule has 0 fully saturated rings. The highest BCUT2D eigenvalue weighted by molar-refractivity contribution is 5.96. The van der Waals surface area contributed by atoms with E-state index in [2.05, 4.69) is 31.3 Å². The van der Waals surface area contributed by atoms with Crippen molar-refractivity contribution < 1.29 is 14.5 Å². The molecule has 11 heteroatoms. The molecule has 1 aliphatic rings. The van der Waals surface area contributed by atoms with Crippen molar-refractivity contribution in [1.29, 1.82) is 5.26 Å². The molecule has 37 heavy (non-hydrogen) atoms. The van der Waals surface area contributed by atoms with Gasteiger partial charge in [-0.05, 0) is 50.6 Å². The summed E-state index contributed by atoms with van der Waals surface area (Å²) in [6.07, 6.45) is 8.51. The Morgan fingerprint density at radius 3 is 2.65 bits per heavy atom. The molecule has 0 saturated heterocycles. The maximum absolute atomic E-state index is 12.5. The number of rotatable bonds is 9. The summed E-state index contributed by atoms with van der Waals surface area (Å²) in [7, 11) is 0.